The Kier molecular flexibility index (Phi) is 8.63. The Morgan fingerprint density at radius 1 is 1.11 bits per heavy atom. The number of rotatable bonds is 10. The molecule has 0 aliphatic heterocycles. The predicted octanol–water partition coefficient (Wildman–Crippen LogP) is 4.33. The van der Waals surface area contributed by atoms with Crippen LogP contribution in [0.5, 0.6) is 23.0 Å². The fraction of sp³-hybridized carbons (Fsp3) is 0.407. The highest BCUT2D eigenvalue weighted by Crippen LogP contribution is 2.43. The number of phenols is 2. The smallest absolute Gasteiger partial charge is 0.192 e. The number of aliphatic imine (C=N–C) groups is 1. The standard InChI is InChI=1S/C27H35N3O5/c1-29-26(28)30-20-14-18(15-23(35-3)25(20)33)8-4-5-9-24(32)27(12-6-7-13-27)17-19-10-11-21(31)22(16-19)34-2/h5,9-11,14-16,31,33H,4,6-8,12-13,17H2,1-3H3,(H3,28,29,30). The van der Waals surface area contributed by atoms with Gasteiger partial charge < -0.3 is 30.7 Å². The SMILES string of the molecule is CN=C(N)Nc1cc(CCC=CC(=O)C2(Cc3ccc(O)c(OC)c3)CCCC2)cc(OC)c1O. The summed E-state index contributed by atoms with van der Waals surface area (Å²) in [5.74, 6) is 1.13. The van der Waals surface area contributed by atoms with Gasteiger partial charge in [-0.25, -0.2) is 0 Å². The molecule has 0 radical (unpaired) electrons. The number of allylic oxidation sites excluding steroid dienone is 2. The fourth-order valence-electron chi connectivity index (χ4n) is 4.66. The van der Waals surface area contributed by atoms with Crippen LogP contribution in [0.2, 0.25) is 0 Å². The number of carbonyl (C=O) groups excluding carboxylic acids is 1. The van der Waals surface area contributed by atoms with E-state index >= 15 is 0 Å². The van der Waals surface area contributed by atoms with Crippen LogP contribution in [0.1, 0.15) is 43.2 Å². The highest BCUT2D eigenvalue weighted by atomic mass is 16.5. The van der Waals surface area contributed by atoms with Crippen molar-refractivity contribution in [1.29, 1.82) is 0 Å². The number of hydrogen-bond acceptors (Lipinski definition) is 6. The number of carbonyl (C=O) groups is 1. The zero-order valence-electron chi connectivity index (χ0n) is 20.6. The van der Waals surface area contributed by atoms with Gasteiger partial charge >= 0.3 is 0 Å². The summed E-state index contributed by atoms with van der Waals surface area (Å²) in [4.78, 5) is 17.2. The number of nitrogens with zero attached hydrogens (tertiary/aromatic N) is 1. The summed E-state index contributed by atoms with van der Waals surface area (Å²) in [6.45, 7) is 0. The number of nitrogens with two attached hydrogens (primary N) is 1. The number of aromatic hydroxyl groups is 2. The van der Waals surface area contributed by atoms with E-state index in [0.29, 0.717) is 36.4 Å². The van der Waals surface area contributed by atoms with Crippen molar-refractivity contribution in [2.45, 2.75) is 44.9 Å². The number of benzene rings is 2. The van der Waals surface area contributed by atoms with Gasteiger partial charge in [-0.1, -0.05) is 25.0 Å². The molecular weight excluding hydrogens is 446 g/mol. The molecule has 1 aliphatic carbocycles. The number of phenolic OH excluding ortho intramolecular Hbond substituents is 2. The number of anilines is 1. The number of methoxy groups -OCH3 is 2. The van der Waals surface area contributed by atoms with Crippen LogP contribution in [0, 0.1) is 5.41 Å². The van der Waals surface area contributed by atoms with Crippen LogP contribution in [0.15, 0.2) is 47.5 Å². The lowest BCUT2D eigenvalue weighted by atomic mass is 9.76. The molecule has 1 aliphatic rings. The lowest BCUT2D eigenvalue weighted by molar-refractivity contribution is -0.123. The summed E-state index contributed by atoms with van der Waals surface area (Å²) in [5.41, 5.74) is 7.64. The molecule has 1 saturated carbocycles. The molecular formula is C27H35N3O5. The molecule has 2 aromatic carbocycles. The maximum Gasteiger partial charge on any atom is 0.192 e. The topological polar surface area (TPSA) is 126 Å². The molecule has 35 heavy (non-hydrogen) atoms. The van der Waals surface area contributed by atoms with Gasteiger partial charge in [0, 0.05) is 12.5 Å². The van der Waals surface area contributed by atoms with Crippen LogP contribution >= 0.6 is 0 Å². The van der Waals surface area contributed by atoms with Crippen LogP contribution in [-0.2, 0) is 17.6 Å². The maximum atomic E-state index is 13.3. The molecule has 0 heterocycles. The molecule has 1 fully saturated rings. The van der Waals surface area contributed by atoms with Gasteiger partial charge in [0.25, 0.3) is 0 Å². The van der Waals surface area contributed by atoms with Crippen molar-refractivity contribution < 1.29 is 24.5 Å². The van der Waals surface area contributed by atoms with Gasteiger partial charge in [0.15, 0.2) is 34.7 Å². The second-order valence-corrected chi connectivity index (χ2v) is 8.90. The Morgan fingerprint density at radius 3 is 2.46 bits per heavy atom. The highest BCUT2D eigenvalue weighted by molar-refractivity contribution is 5.95. The van der Waals surface area contributed by atoms with E-state index in [1.807, 2.05) is 18.2 Å². The third-order valence-corrected chi connectivity index (χ3v) is 6.60. The van der Waals surface area contributed by atoms with E-state index in [-0.39, 0.29) is 23.2 Å². The first-order chi connectivity index (χ1) is 16.8. The van der Waals surface area contributed by atoms with Gasteiger partial charge in [-0.2, -0.15) is 0 Å². The Balaban J connectivity index is 1.69. The lowest BCUT2D eigenvalue weighted by Gasteiger charge is -2.26. The molecule has 0 atom stereocenters. The van der Waals surface area contributed by atoms with Crippen molar-refractivity contribution in [2.75, 3.05) is 26.6 Å². The Bertz CT molecular complexity index is 1100. The van der Waals surface area contributed by atoms with Gasteiger partial charge in [0.1, 0.15) is 0 Å². The number of hydrogen-bond donors (Lipinski definition) is 4. The molecule has 0 aromatic heterocycles. The summed E-state index contributed by atoms with van der Waals surface area (Å²) >= 11 is 0. The van der Waals surface area contributed by atoms with Crippen LogP contribution in [0.4, 0.5) is 5.69 Å². The van der Waals surface area contributed by atoms with E-state index in [0.717, 1.165) is 36.8 Å². The molecule has 3 rings (SSSR count). The molecule has 2 aromatic rings. The molecule has 188 valence electrons. The molecule has 8 nitrogen and oxygen atoms in total. The largest absolute Gasteiger partial charge is 0.504 e. The summed E-state index contributed by atoms with van der Waals surface area (Å²) in [5, 5.41) is 23.1. The average molecular weight is 482 g/mol. The minimum atomic E-state index is -0.422. The number of ether oxygens (including phenoxy) is 2. The first-order valence-corrected chi connectivity index (χ1v) is 11.8. The average Bonchev–Trinajstić information content (AvgIpc) is 3.34. The summed E-state index contributed by atoms with van der Waals surface area (Å²) in [6, 6.07) is 8.85. The molecule has 0 bridgehead atoms. The molecule has 0 saturated heterocycles. The second kappa shape index (κ2) is 11.6. The predicted molar refractivity (Wildman–Crippen MR) is 138 cm³/mol. The third kappa shape index (κ3) is 6.26. The number of guanidine groups is 1. The number of aryl methyl sites for hydroxylation is 1. The van der Waals surface area contributed by atoms with Gasteiger partial charge in [-0.3, -0.25) is 9.79 Å². The second-order valence-electron chi connectivity index (χ2n) is 8.90. The van der Waals surface area contributed by atoms with Crippen LogP contribution in [0.3, 0.4) is 0 Å². The van der Waals surface area contributed by atoms with Crippen molar-refractivity contribution in [3.63, 3.8) is 0 Å². The van der Waals surface area contributed by atoms with E-state index in [9.17, 15) is 15.0 Å². The van der Waals surface area contributed by atoms with Crippen molar-refractivity contribution in [3.05, 3.63) is 53.6 Å². The van der Waals surface area contributed by atoms with Crippen LogP contribution in [0.25, 0.3) is 0 Å². The van der Waals surface area contributed by atoms with Gasteiger partial charge in [-0.15, -0.1) is 0 Å². The Hall–Kier alpha value is -3.68. The van der Waals surface area contributed by atoms with E-state index in [2.05, 4.69) is 10.3 Å². The number of nitrogens with one attached hydrogen (secondary N) is 1. The summed E-state index contributed by atoms with van der Waals surface area (Å²) < 4.78 is 10.5. The van der Waals surface area contributed by atoms with E-state index in [4.69, 9.17) is 15.2 Å². The Labute approximate surface area is 206 Å². The third-order valence-electron chi connectivity index (χ3n) is 6.60. The minimum absolute atomic E-state index is 0.0393. The molecule has 8 heteroatoms. The quantitative estimate of drug-likeness (QED) is 0.172. The minimum Gasteiger partial charge on any atom is -0.504 e. The normalized spacial score (nSPS) is 15.3. The lowest BCUT2D eigenvalue weighted by Crippen LogP contribution is -2.29. The van der Waals surface area contributed by atoms with Gasteiger partial charge in [0.05, 0.1) is 19.9 Å². The first kappa shape index (κ1) is 25.9. The van der Waals surface area contributed by atoms with E-state index < -0.39 is 5.41 Å². The zero-order valence-corrected chi connectivity index (χ0v) is 20.6. The molecule has 0 spiro atoms. The van der Waals surface area contributed by atoms with Gasteiger partial charge in [-0.05, 0) is 73.6 Å². The van der Waals surface area contributed by atoms with Crippen LogP contribution < -0.4 is 20.5 Å². The molecule has 5 N–H and O–H groups in total. The summed E-state index contributed by atoms with van der Waals surface area (Å²) in [6.07, 6.45) is 9.31. The molecule has 0 unspecified atom stereocenters. The van der Waals surface area contributed by atoms with Gasteiger partial charge in [0.2, 0.25) is 0 Å². The van der Waals surface area contributed by atoms with E-state index in [1.165, 1.54) is 14.2 Å². The van der Waals surface area contributed by atoms with Crippen molar-refractivity contribution >= 4 is 17.4 Å². The van der Waals surface area contributed by atoms with Crippen LogP contribution in [-0.4, -0.2) is 43.2 Å². The van der Waals surface area contributed by atoms with Crippen molar-refractivity contribution in [2.24, 2.45) is 16.1 Å². The zero-order chi connectivity index (χ0) is 25.4. The maximum absolute atomic E-state index is 13.3. The van der Waals surface area contributed by atoms with E-state index in [1.54, 1.807) is 31.3 Å². The highest BCUT2D eigenvalue weighted by Gasteiger charge is 2.39. The summed E-state index contributed by atoms with van der Waals surface area (Å²) in [7, 11) is 4.56. The first-order valence-electron chi connectivity index (χ1n) is 11.8. The van der Waals surface area contributed by atoms with Crippen molar-refractivity contribution in [1.82, 2.24) is 0 Å². The fourth-order valence-corrected chi connectivity index (χ4v) is 4.66. The monoisotopic (exact) mass is 481 g/mol. The Morgan fingerprint density at radius 2 is 1.80 bits per heavy atom. The number of ketones is 1. The molecule has 0 amide bonds. The van der Waals surface area contributed by atoms with Crippen molar-refractivity contribution in [3.8, 4) is 23.0 Å².